The van der Waals surface area contributed by atoms with Crippen molar-refractivity contribution in [1.82, 2.24) is 9.97 Å². The number of hydrogen-bond acceptors (Lipinski definition) is 7. The van der Waals surface area contributed by atoms with E-state index in [4.69, 9.17) is 25.7 Å². The standard InChI is InChI=1S/C20H21FN4O3/c1-11(14-7-13(21)4-5-16(14)26-2)28-18-6-12(9-25-20(18)23)15-10-24-19(22)8-17(15)27-3/h4-11H,1-3H3,(H2,22,24)(H2,23,25). The molecule has 0 radical (unpaired) electrons. The lowest BCUT2D eigenvalue weighted by molar-refractivity contribution is 0.221. The molecule has 1 atom stereocenters. The zero-order valence-electron chi connectivity index (χ0n) is 15.8. The Labute approximate surface area is 162 Å². The first kappa shape index (κ1) is 19.2. The van der Waals surface area contributed by atoms with Crippen molar-refractivity contribution in [2.24, 2.45) is 0 Å². The molecule has 2 aromatic heterocycles. The summed E-state index contributed by atoms with van der Waals surface area (Å²) in [5.41, 5.74) is 13.6. The number of benzene rings is 1. The van der Waals surface area contributed by atoms with E-state index in [1.807, 2.05) is 0 Å². The molecule has 0 saturated heterocycles. The van der Waals surface area contributed by atoms with E-state index in [1.165, 1.54) is 19.2 Å². The summed E-state index contributed by atoms with van der Waals surface area (Å²) in [7, 11) is 3.05. The Hall–Kier alpha value is -3.55. The number of rotatable bonds is 6. The fourth-order valence-corrected chi connectivity index (χ4v) is 2.81. The van der Waals surface area contributed by atoms with Crippen LogP contribution in [0.4, 0.5) is 16.0 Å². The van der Waals surface area contributed by atoms with Crippen LogP contribution in [0.1, 0.15) is 18.6 Å². The van der Waals surface area contributed by atoms with E-state index >= 15 is 0 Å². The molecule has 3 rings (SSSR count). The normalized spacial score (nSPS) is 11.7. The first-order valence-electron chi connectivity index (χ1n) is 8.48. The van der Waals surface area contributed by atoms with Crippen LogP contribution in [-0.2, 0) is 0 Å². The summed E-state index contributed by atoms with van der Waals surface area (Å²) in [4.78, 5) is 8.29. The number of aromatic nitrogens is 2. The van der Waals surface area contributed by atoms with Gasteiger partial charge in [0.25, 0.3) is 0 Å². The van der Waals surface area contributed by atoms with Gasteiger partial charge in [0.15, 0.2) is 11.6 Å². The molecule has 146 valence electrons. The molecule has 0 saturated carbocycles. The van der Waals surface area contributed by atoms with Gasteiger partial charge in [-0.2, -0.15) is 0 Å². The number of methoxy groups -OCH3 is 2. The first-order valence-corrected chi connectivity index (χ1v) is 8.48. The van der Waals surface area contributed by atoms with E-state index in [-0.39, 0.29) is 11.6 Å². The third-order valence-corrected chi connectivity index (χ3v) is 4.23. The molecule has 0 aliphatic carbocycles. The summed E-state index contributed by atoms with van der Waals surface area (Å²) in [5.74, 6) is 1.56. The van der Waals surface area contributed by atoms with Gasteiger partial charge in [-0.25, -0.2) is 14.4 Å². The maximum absolute atomic E-state index is 13.7. The monoisotopic (exact) mass is 384 g/mol. The van der Waals surface area contributed by atoms with Crippen LogP contribution >= 0.6 is 0 Å². The lowest BCUT2D eigenvalue weighted by Crippen LogP contribution is -2.08. The lowest BCUT2D eigenvalue weighted by atomic mass is 10.1. The van der Waals surface area contributed by atoms with Crippen molar-refractivity contribution in [2.75, 3.05) is 25.7 Å². The fourth-order valence-electron chi connectivity index (χ4n) is 2.81. The number of nitrogens with two attached hydrogens (primary N) is 2. The number of anilines is 2. The summed E-state index contributed by atoms with van der Waals surface area (Å²) < 4.78 is 30.3. The molecule has 0 aliphatic heterocycles. The Balaban J connectivity index is 1.96. The van der Waals surface area contributed by atoms with Crippen LogP contribution in [0.2, 0.25) is 0 Å². The van der Waals surface area contributed by atoms with Gasteiger partial charge in [0.2, 0.25) is 0 Å². The minimum absolute atomic E-state index is 0.202. The molecule has 2 heterocycles. The average Bonchev–Trinajstić information content (AvgIpc) is 2.69. The second-order valence-electron chi connectivity index (χ2n) is 6.06. The quantitative estimate of drug-likeness (QED) is 0.669. The SMILES string of the molecule is COc1cc(N)ncc1-c1cnc(N)c(OC(C)c2cc(F)ccc2OC)c1. The van der Waals surface area contributed by atoms with E-state index in [9.17, 15) is 4.39 Å². The summed E-state index contributed by atoms with van der Waals surface area (Å²) in [6.45, 7) is 1.77. The molecule has 0 fully saturated rings. The minimum Gasteiger partial charge on any atom is -0.496 e. The van der Waals surface area contributed by atoms with Crippen molar-refractivity contribution in [3.63, 3.8) is 0 Å². The van der Waals surface area contributed by atoms with Gasteiger partial charge < -0.3 is 25.7 Å². The number of nitrogen functional groups attached to an aromatic ring is 2. The van der Waals surface area contributed by atoms with Crippen molar-refractivity contribution in [3.8, 4) is 28.4 Å². The third-order valence-electron chi connectivity index (χ3n) is 4.23. The van der Waals surface area contributed by atoms with Crippen LogP contribution in [0.3, 0.4) is 0 Å². The molecule has 8 heteroatoms. The summed E-state index contributed by atoms with van der Waals surface area (Å²) in [6, 6.07) is 7.58. The number of pyridine rings is 2. The Morgan fingerprint density at radius 2 is 1.68 bits per heavy atom. The second-order valence-corrected chi connectivity index (χ2v) is 6.06. The second kappa shape index (κ2) is 7.99. The van der Waals surface area contributed by atoms with Crippen molar-refractivity contribution < 1.29 is 18.6 Å². The highest BCUT2D eigenvalue weighted by molar-refractivity contribution is 5.73. The smallest absolute Gasteiger partial charge is 0.166 e. The van der Waals surface area contributed by atoms with Crippen LogP contribution in [0.5, 0.6) is 17.2 Å². The molecule has 7 nitrogen and oxygen atoms in total. The van der Waals surface area contributed by atoms with Crippen LogP contribution in [0.15, 0.2) is 42.7 Å². The van der Waals surface area contributed by atoms with Crippen LogP contribution in [0.25, 0.3) is 11.1 Å². The van der Waals surface area contributed by atoms with Crippen molar-refractivity contribution in [2.45, 2.75) is 13.0 Å². The van der Waals surface area contributed by atoms with Crippen molar-refractivity contribution >= 4 is 11.6 Å². The van der Waals surface area contributed by atoms with E-state index in [1.54, 1.807) is 44.6 Å². The molecule has 1 unspecified atom stereocenters. The van der Waals surface area contributed by atoms with Gasteiger partial charge in [0.1, 0.15) is 29.2 Å². The molecular formula is C20H21FN4O3. The van der Waals surface area contributed by atoms with Gasteiger partial charge in [-0.05, 0) is 31.2 Å². The Morgan fingerprint density at radius 1 is 0.929 bits per heavy atom. The van der Waals surface area contributed by atoms with Gasteiger partial charge in [0, 0.05) is 35.2 Å². The molecule has 0 amide bonds. The average molecular weight is 384 g/mol. The van der Waals surface area contributed by atoms with E-state index in [0.29, 0.717) is 39.8 Å². The van der Waals surface area contributed by atoms with E-state index < -0.39 is 6.10 Å². The van der Waals surface area contributed by atoms with Crippen molar-refractivity contribution in [1.29, 1.82) is 0 Å². The molecule has 0 aliphatic rings. The van der Waals surface area contributed by atoms with Gasteiger partial charge in [-0.1, -0.05) is 0 Å². The van der Waals surface area contributed by atoms with Gasteiger partial charge >= 0.3 is 0 Å². The Kier molecular flexibility index (Phi) is 5.49. The summed E-state index contributed by atoms with van der Waals surface area (Å²) in [6.07, 6.45) is 2.65. The molecule has 28 heavy (non-hydrogen) atoms. The van der Waals surface area contributed by atoms with Crippen LogP contribution < -0.4 is 25.7 Å². The number of hydrogen-bond donors (Lipinski definition) is 2. The van der Waals surface area contributed by atoms with Gasteiger partial charge in [-0.3, -0.25) is 0 Å². The topological polar surface area (TPSA) is 106 Å². The Bertz CT molecular complexity index is 997. The predicted octanol–water partition coefficient (Wildman–Crippen LogP) is 3.60. The molecular weight excluding hydrogens is 363 g/mol. The largest absolute Gasteiger partial charge is 0.496 e. The van der Waals surface area contributed by atoms with Crippen LogP contribution in [0, 0.1) is 5.82 Å². The van der Waals surface area contributed by atoms with Crippen molar-refractivity contribution in [3.05, 3.63) is 54.1 Å². The van der Waals surface area contributed by atoms with Gasteiger partial charge in [-0.15, -0.1) is 0 Å². The zero-order chi connectivity index (χ0) is 20.3. The predicted molar refractivity (Wildman–Crippen MR) is 105 cm³/mol. The highest BCUT2D eigenvalue weighted by Crippen LogP contribution is 2.36. The molecule has 3 aromatic rings. The zero-order valence-corrected chi connectivity index (χ0v) is 15.8. The minimum atomic E-state index is -0.531. The highest BCUT2D eigenvalue weighted by atomic mass is 19.1. The third kappa shape index (κ3) is 3.90. The lowest BCUT2D eigenvalue weighted by Gasteiger charge is -2.19. The summed E-state index contributed by atoms with van der Waals surface area (Å²) >= 11 is 0. The maximum atomic E-state index is 13.7. The number of halogens is 1. The number of nitrogens with zero attached hydrogens (tertiary/aromatic N) is 2. The van der Waals surface area contributed by atoms with Gasteiger partial charge in [0.05, 0.1) is 14.2 Å². The van der Waals surface area contributed by atoms with E-state index in [2.05, 4.69) is 9.97 Å². The summed E-state index contributed by atoms with van der Waals surface area (Å²) in [5, 5.41) is 0. The Morgan fingerprint density at radius 3 is 2.39 bits per heavy atom. The molecule has 1 aromatic carbocycles. The first-order chi connectivity index (χ1) is 13.4. The maximum Gasteiger partial charge on any atom is 0.166 e. The molecule has 0 spiro atoms. The van der Waals surface area contributed by atoms with Crippen LogP contribution in [-0.4, -0.2) is 24.2 Å². The molecule has 0 bridgehead atoms. The highest BCUT2D eigenvalue weighted by Gasteiger charge is 2.17. The fraction of sp³-hybridized carbons (Fsp3) is 0.200. The number of ether oxygens (including phenoxy) is 3. The molecule has 4 N–H and O–H groups in total. The van der Waals surface area contributed by atoms with E-state index in [0.717, 1.165) is 0 Å².